The first-order valence-corrected chi connectivity index (χ1v) is 13.3. The fourth-order valence-electron chi connectivity index (χ4n) is 4.24. The third kappa shape index (κ3) is 7.20. The van der Waals surface area contributed by atoms with Crippen LogP contribution >= 0.6 is 11.6 Å². The molecule has 10 nitrogen and oxygen atoms in total. The van der Waals surface area contributed by atoms with E-state index >= 15 is 0 Å². The molecule has 0 saturated carbocycles. The molecule has 41 heavy (non-hydrogen) atoms. The Kier molecular flexibility index (Phi) is 8.92. The lowest BCUT2D eigenvalue weighted by Gasteiger charge is -2.34. The molecule has 1 unspecified atom stereocenters. The van der Waals surface area contributed by atoms with Crippen molar-refractivity contribution in [2.75, 3.05) is 19.1 Å². The zero-order chi connectivity index (χ0) is 29.7. The molecule has 0 aliphatic rings. The number of amides is 2. The van der Waals surface area contributed by atoms with E-state index in [2.05, 4.69) is 20.7 Å². The van der Waals surface area contributed by atoms with E-state index in [1.165, 1.54) is 23.9 Å². The van der Waals surface area contributed by atoms with Crippen LogP contribution in [0.5, 0.6) is 11.5 Å². The van der Waals surface area contributed by atoms with Gasteiger partial charge in [0.05, 0.1) is 14.2 Å². The molecule has 4 rings (SSSR count). The Morgan fingerprint density at radius 1 is 0.976 bits per heavy atom. The molecule has 214 valence electrons. The number of ether oxygens (including phenoxy) is 2. The van der Waals surface area contributed by atoms with Crippen molar-refractivity contribution in [3.05, 3.63) is 82.9 Å². The smallest absolute Gasteiger partial charge is 0.251 e. The van der Waals surface area contributed by atoms with Crippen LogP contribution in [0.25, 0.3) is 11.4 Å². The van der Waals surface area contributed by atoms with Gasteiger partial charge in [-0.3, -0.25) is 14.5 Å². The molecule has 1 atom stereocenters. The second kappa shape index (κ2) is 12.4. The van der Waals surface area contributed by atoms with Crippen LogP contribution in [0.3, 0.4) is 0 Å². The normalized spacial score (nSPS) is 12.0. The number of aromatic nitrogens is 4. The third-order valence-corrected chi connectivity index (χ3v) is 6.39. The summed E-state index contributed by atoms with van der Waals surface area (Å²) in [6, 6.07) is 18.4. The Labute approximate surface area is 244 Å². The highest BCUT2D eigenvalue weighted by molar-refractivity contribution is 6.30. The van der Waals surface area contributed by atoms with Gasteiger partial charge in [-0.1, -0.05) is 47.5 Å². The summed E-state index contributed by atoms with van der Waals surface area (Å²) in [7, 11) is 3.04. The van der Waals surface area contributed by atoms with E-state index in [0.29, 0.717) is 33.6 Å². The van der Waals surface area contributed by atoms with Crippen molar-refractivity contribution in [2.24, 2.45) is 0 Å². The molecular formula is C30H33ClN6O4. The van der Waals surface area contributed by atoms with E-state index in [-0.39, 0.29) is 12.5 Å². The van der Waals surface area contributed by atoms with Gasteiger partial charge >= 0.3 is 0 Å². The zero-order valence-corrected chi connectivity index (χ0v) is 24.6. The minimum atomic E-state index is -1.08. The first-order chi connectivity index (χ1) is 19.5. The van der Waals surface area contributed by atoms with Gasteiger partial charge in [0.1, 0.15) is 12.6 Å². The molecule has 11 heteroatoms. The molecule has 1 aromatic heterocycles. The summed E-state index contributed by atoms with van der Waals surface area (Å²) >= 11 is 6.17. The van der Waals surface area contributed by atoms with E-state index in [9.17, 15) is 9.59 Å². The van der Waals surface area contributed by atoms with E-state index in [1.807, 2.05) is 52.0 Å². The van der Waals surface area contributed by atoms with Crippen LogP contribution < -0.4 is 19.7 Å². The van der Waals surface area contributed by atoms with Crippen LogP contribution in [0.2, 0.25) is 5.02 Å². The predicted octanol–water partition coefficient (Wildman–Crippen LogP) is 5.01. The first-order valence-electron chi connectivity index (χ1n) is 13.0. The van der Waals surface area contributed by atoms with Gasteiger partial charge in [-0.15, -0.1) is 10.2 Å². The summed E-state index contributed by atoms with van der Waals surface area (Å²) < 4.78 is 10.9. The second-order valence-electron chi connectivity index (χ2n) is 10.5. The van der Waals surface area contributed by atoms with Gasteiger partial charge in [0.25, 0.3) is 5.91 Å². The van der Waals surface area contributed by atoms with Crippen molar-refractivity contribution in [2.45, 2.75) is 45.8 Å². The Hall–Kier alpha value is -4.44. The van der Waals surface area contributed by atoms with Crippen LogP contribution in [-0.4, -0.2) is 51.8 Å². The third-order valence-electron chi connectivity index (χ3n) is 6.14. The summed E-state index contributed by atoms with van der Waals surface area (Å²) in [5, 5.41) is 16.1. The molecule has 1 N–H and O–H groups in total. The lowest BCUT2D eigenvalue weighted by atomic mass is 10.00. The molecule has 0 saturated heterocycles. The van der Waals surface area contributed by atoms with Gasteiger partial charge in [0.2, 0.25) is 11.7 Å². The average Bonchev–Trinajstić information content (AvgIpc) is 3.39. The first kappa shape index (κ1) is 29.5. The highest BCUT2D eigenvalue weighted by Crippen LogP contribution is 2.35. The number of methoxy groups -OCH3 is 2. The molecule has 0 aliphatic carbocycles. The predicted molar refractivity (Wildman–Crippen MR) is 157 cm³/mol. The standard InChI is InChI=1S/C30H33ClN6O4/c1-19-7-9-20(10-8-19)28-33-35-36(34-28)18-26(38)37(23-14-12-22(31)13-15-23)27(29(39)32-30(2,3)4)21-11-16-24(40-5)25(17-21)41-6/h7-17,27H,18H2,1-6H3,(H,32,39). The molecule has 3 aromatic carbocycles. The van der Waals surface area contributed by atoms with Crippen LogP contribution in [0, 0.1) is 6.92 Å². The van der Waals surface area contributed by atoms with Gasteiger partial charge in [-0.05, 0) is 74.9 Å². The largest absolute Gasteiger partial charge is 0.493 e. The number of hydrogen-bond acceptors (Lipinski definition) is 7. The number of rotatable bonds is 9. The Balaban J connectivity index is 1.78. The van der Waals surface area contributed by atoms with Crippen molar-refractivity contribution in [1.82, 2.24) is 25.5 Å². The molecule has 2 amide bonds. The highest BCUT2D eigenvalue weighted by atomic mass is 35.5. The summed E-state index contributed by atoms with van der Waals surface area (Å²) in [4.78, 5) is 30.6. The van der Waals surface area contributed by atoms with Gasteiger partial charge in [0.15, 0.2) is 11.5 Å². The monoisotopic (exact) mass is 576 g/mol. The van der Waals surface area contributed by atoms with Crippen LogP contribution in [0.15, 0.2) is 66.7 Å². The topological polar surface area (TPSA) is 111 Å². The molecule has 0 spiro atoms. The Morgan fingerprint density at radius 3 is 2.24 bits per heavy atom. The molecule has 1 heterocycles. The molecule has 0 fully saturated rings. The highest BCUT2D eigenvalue weighted by Gasteiger charge is 2.35. The molecule has 0 radical (unpaired) electrons. The quantitative estimate of drug-likeness (QED) is 0.298. The minimum Gasteiger partial charge on any atom is -0.493 e. The van der Waals surface area contributed by atoms with Crippen LogP contribution in [0.4, 0.5) is 5.69 Å². The summed E-state index contributed by atoms with van der Waals surface area (Å²) in [6.07, 6.45) is 0. The fraction of sp³-hybridized carbons (Fsp3) is 0.300. The maximum absolute atomic E-state index is 14.1. The number of anilines is 1. The van der Waals surface area contributed by atoms with Gasteiger partial charge in [0, 0.05) is 21.8 Å². The second-order valence-corrected chi connectivity index (χ2v) is 10.9. The minimum absolute atomic E-state index is 0.270. The molecule has 0 bridgehead atoms. The number of nitrogens with one attached hydrogen (secondary N) is 1. The maximum atomic E-state index is 14.1. The number of carbonyl (C=O) groups is 2. The van der Waals surface area contributed by atoms with Gasteiger partial charge in [-0.25, -0.2) is 0 Å². The number of tetrazole rings is 1. The number of carbonyl (C=O) groups excluding carboxylic acids is 2. The number of halogens is 1. The number of aryl methyl sites for hydroxylation is 1. The maximum Gasteiger partial charge on any atom is 0.251 e. The lowest BCUT2D eigenvalue weighted by molar-refractivity contribution is -0.128. The van der Waals surface area contributed by atoms with Gasteiger partial charge < -0.3 is 14.8 Å². The van der Waals surface area contributed by atoms with Crippen molar-refractivity contribution >= 4 is 29.1 Å². The molecule has 0 aliphatic heterocycles. The summed E-state index contributed by atoms with van der Waals surface area (Å²) in [5.74, 6) is 0.468. The van der Waals surface area contributed by atoms with Crippen molar-refractivity contribution in [3.63, 3.8) is 0 Å². The summed E-state index contributed by atoms with van der Waals surface area (Å²) in [6.45, 7) is 7.33. The van der Waals surface area contributed by atoms with E-state index in [1.54, 1.807) is 42.5 Å². The molecule has 4 aromatic rings. The van der Waals surface area contributed by atoms with E-state index in [4.69, 9.17) is 21.1 Å². The zero-order valence-electron chi connectivity index (χ0n) is 23.9. The number of benzene rings is 3. The van der Waals surface area contributed by atoms with Gasteiger partial charge in [-0.2, -0.15) is 4.80 Å². The average molecular weight is 577 g/mol. The number of hydrogen-bond donors (Lipinski definition) is 1. The van der Waals surface area contributed by atoms with Crippen LogP contribution in [0.1, 0.15) is 37.9 Å². The van der Waals surface area contributed by atoms with Crippen molar-refractivity contribution < 1.29 is 19.1 Å². The van der Waals surface area contributed by atoms with E-state index < -0.39 is 17.5 Å². The summed E-state index contributed by atoms with van der Waals surface area (Å²) in [5.41, 5.74) is 2.28. The fourth-order valence-corrected chi connectivity index (χ4v) is 4.37. The SMILES string of the molecule is COc1ccc(C(C(=O)NC(C)(C)C)N(C(=O)Cn2nnc(-c3ccc(C)cc3)n2)c2ccc(Cl)cc2)cc1OC. The van der Waals surface area contributed by atoms with Crippen molar-refractivity contribution in [1.29, 1.82) is 0 Å². The van der Waals surface area contributed by atoms with Crippen LogP contribution in [-0.2, 0) is 16.1 Å². The van der Waals surface area contributed by atoms with E-state index in [0.717, 1.165) is 11.1 Å². The number of nitrogens with zero attached hydrogens (tertiary/aromatic N) is 5. The van der Waals surface area contributed by atoms with Crippen molar-refractivity contribution in [3.8, 4) is 22.9 Å². The Bertz CT molecular complexity index is 1510. The lowest BCUT2D eigenvalue weighted by Crippen LogP contribution is -2.50. The Morgan fingerprint density at radius 2 is 1.63 bits per heavy atom. The molecular weight excluding hydrogens is 544 g/mol.